The molecule has 1 aliphatic heterocycles. The number of amides is 1. The summed E-state index contributed by atoms with van der Waals surface area (Å²) in [6, 6.07) is -0.454. The van der Waals surface area contributed by atoms with Crippen molar-refractivity contribution < 1.29 is 14.7 Å². The fourth-order valence-electron chi connectivity index (χ4n) is 2.38. The number of nitrogens with zero attached hydrogens (tertiary/aromatic N) is 3. The van der Waals surface area contributed by atoms with Crippen LogP contribution in [0.2, 0.25) is 0 Å². The molecule has 1 aliphatic rings. The fourth-order valence-corrected chi connectivity index (χ4v) is 2.38. The number of likely N-dealkylation sites (tertiary alicyclic amines) is 1. The van der Waals surface area contributed by atoms with Crippen molar-refractivity contribution in [2.24, 2.45) is 0 Å². The normalized spacial score (nSPS) is 17.3. The SMILES string of the molecule is Cc1nn(C(C)C(=O)N2CCCCC2)cc1C(=O)O. The predicted molar refractivity (Wildman–Crippen MR) is 69.1 cm³/mol. The Labute approximate surface area is 112 Å². The Morgan fingerprint density at radius 3 is 2.47 bits per heavy atom. The lowest BCUT2D eigenvalue weighted by atomic mass is 10.1. The molecule has 1 saturated heterocycles. The summed E-state index contributed by atoms with van der Waals surface area (Å²) in [5.41, 5.74) is 0.587. The van der Waals surface area contributed by atoms with Crippen LogP contribution in [0.15, 0.2) is 6.20 Å². The van der Waals surface area contributed by atoms with E-state index >= 15 is 0 Å². The monoisotopic (exact) mass is 265 g/mol. The number of rotatable bonds is 3. The lowest BCUT2D eigenvalue weighted by Gasteiger charge is -2.29. The molecule has 104 valence electrons. The molecular formula is C13H19N3O3. The van der Waals surface area contributed by atoms with Gasteiger partial charge in [-0.05, 0) is 33.1 Å². The lowest BCUT2D eigenvalue weighted by Crippen LogP contribution is -2.39. The maximum Gasteiger partial charge on any atom is 0.339 e. The van der Waals surface area contributed by atoms with Crippen LogP contribution in [0.25, 0.3) is 0 Å². The quantitative estimate of drug-likeness (QED) is 0.897. The van der Waals surface area contributed by atoms with E-state index in [0.717, 1.165) is 25.9 Å². The molecule has 1 amide bonds. The van der Waals surface area contributed by atoms with Crippen molar-refractivity contribution in [3.63, 3.8) is 0 Å². The lowest BCUT2D eigenvalue weighted by molar-refractivity contribution is -0.135. The van der Waals surface area contributed by atoms with Crippen LogP contribution in [0.1, 0.15) is 48.3 Å². The Morgan fingerprint density at radius 1 is 1.32 bits per heavy atom. The van der Waals surface area contributed by atoms with Crippen molar-refractivity contribution in [3.05, 3.63) is 17.5 Å². The highest BCUT2D eigenvalue weighted by Gasteiger charge is 2.25. The Hall–Kier alpha value is -1.85. The van der Waals surface area contributed by atoms with Crippen LogP contribution in [-0.2, 0) is 4.79 Å². The first kappa shape index (κ1) is 13.6. The van der Waals surface area contributed by atoms with Crippen molar-refractivity contribution in [2.45, 2.75) is 39.2 Å². The Morgan fingerprint density at radius 2 is 1.95 bits per heavy atom. The van der Waals surface area contributed by atoms with E-state index in [9.17, 15) is 9.59 Å². The number of hydrogen-bond acceptors (Lipinski definition) is 3. The summed E-state index contributed by atoms with van der Waals surface area (Å²) in [7, 11) is 0. The minimum Gasteiger partial charge on any atom is -0.478 e. The largest absolute Gasteiger partial charge is 0.478 e. The predicted octanol–water partition coefficient (Wildman–Crippen LogP) is 1.46. The molecule has 0 bridgehead atoms. The van der Waals surface area contributed by atoms with Crippen molar-refractivity contribution in [1.29, 1.82) is 0 Å². The van der Waals surface area contributed by atoms with Gasteiger partial charge in [0.1, 0.15) is 11.6 Å². The number of piperidine rings is 1. The van der Waals surface area contributed by atoms with Crippen LogP contribution in [0, 0.1) is 6.92 Å². The molecule has 19 heavy (non-hydrogen) atoms. The van der Waals surface area contributed by atoms with Crippen LogP contribution < -0.4 is 0 Å². The summed E-state index contributed by atoms with van der Waals surface area (Å²) < 4.78 is 1.45. The summed E-state index contributed by atoms with van der Waals surface area (Å²) in [5.74, 6) is -1.000. The van der Waals surface area contributed by atoms with Crippen molar-refractivity contribution in [1.82, 2.24) is 14.7 Å². The van der Waals surface area contributed by atoms with E-state index in [1.807, 2.05) is 4.90 Å². The van der Waals surface area contributed by atoms with Gasteiger partial charge in [-0.3, -0.25) is 9.48 Å². The van der Waals surface area contributed by atoms with Gasteiger partial charge in [0, 0.05) is 19.3 Å². The Bertz CT molecular complexity index is 489. The van der Waals surface area contributed by atoms with E-state index < -0.39 is 12.0 Å². The minimum atomic E-state index is -1.01. The molecule has 0 aliphatic carbocycles. The van der Waals surface area contributed by atoms with Gasteiger partial charge in [0.2, 0.25) is 5.91 Å². The van der Waals surface area contributed by atoms with Gasteiger partial charge in [0.15, 0.2) is 0 Å². The molecular weight excluding hydrogens is 246 g/mol. The molecule has 0 aromatic carbocycles. The third-order valence-corrected chi connectivity index (χ3v) is 3.57. The molecule has 6 heteroatoms. The van der Waals surface area contributed by atoms with Gasteiger partial charge < -0.3 is 10.0 Å². The third kappa shape index (κ3) is 2.77. The summed E-state index contributed by atoms with van der Waals surface area (Å²) in [6.45, 7) is 4.97. The second-order valence-electron chi connectivity index (χ2n) is 4.98. The van der Waals surface area contributed by atoms with Gasteiger partial charge in [-0.25, -0.2) is 4.79 Å². The second-order valence-corrected chi connectivity index (χ2v) is 4.98. The molecule has 1 aromatic heterocycles. The Balaban J connectivity index is 2.14. The van der Waals surface area contributed by atoms with Crippen LogP contribution in [-0.4, -0.2) is 44.8 Å². The van der Waals surface area contributed by atoms with Crippen LogP contribution >= 0.6 is 0 Å². The Kier molecular flexibility index (Phi) is 3.87. The standard InChI is InChI=1S/C13H19N3O3/c1-9-11(13(18)19)8-16(14-9)10(2)12(17)15-6-4-3-5-7-15/h8,10H,3-7H2,1-2H3,(H,18,19). The average Bonchev–Trinajstić information content (AvgIpc) is 2.80. The highest BCUT2D eigenvalue weighted by Crippen LogP contribution is 2.17. The number of aromatic carboxylic acids is 1. The first-order valence-corrected chi connectivity index (χ1v) is 6.58. The van der Waals surface area contributed by atoms with Gasteiger partial charge in [0.05, 0.1) is 5.69 Å². The van der Waals surface area contributed by atoms with Crippen molar-refractivity contribution in [3.8, 4) is 0 Å². The molecule has 1 N–H and O–H groups in total. The number of carboxylic acid groups (broad SMARTS) is 1. The van der Waals surface area contributed by atoms with Gasteiger partial charge >= 0.3 is 5.97 Å². The number of carbonyl (C=O) groups excluding carboxylic acids is 1. The van der Waals surface area contributed by atoms with E-state index in [1.165, 1.54) is 17.3 Å². The van der Waals surface area contributed by atoms with Crippen LogP contribution in [0.5, 0.6) is 0 Å². The number of aryl methyl sites for hydroxylation is 1. The molecule has 6 nitrogen and oxygen atoms in total. The highest BCUT2D eigenvalue weighted by molar-refractivity contribution is 5.88. The summed E-state index contributed by atoms with van der Waals surface area (Å²) in [6.07, 6.45) is 4.68. The van der Waals surface area contributed by atoms with E-state index in [-0.39, 0.29) is 11.5 Å². The summed E-state index contributed by atoms with van der Waals surface area (Å²) >= 11 is 0. The molecule has 2 rings (SSSR count). The van der Waals surface area contributed by atoms with Crippen LogP contribution in [0.3, 0.4) is 0 Å². The first-order chi connectivity index (χ1) is 9.00. The fraction of sp³-hybridized carbons (Fsp3) is 0.615. The average molecular weight is 265 g/mol. The molecule has 0 spiro atoms. The minimum absolute atomic E-state index is 0.0131. The molecule has 1 aromatic rings. The summed E-state index contributed by atoms with van der Waals surface area (Å²) in [5, 5.41) is 13.1. The van der Waals surface area contributed by atoms with E-state index in [1.54, 1.807) is 13.8 Å². The van der Waals surface area contributed by atoms with Crippen molar-refractivity contribution >= 4 is 11.9 Å². The molecule has 0 radical (unpaired) electrons. The molecule has 1 atom stereocenters. The van der Waals surface area contributed by atoms with Gasteiger partial charge in [-0.1, -0.05) is 0 Å². The number of carbonyl (C=O) groups is 2. The van der Waals surface area contributed by atoms with Crippen LogP contribution in [0.4, 0.5) is 0 Å². The third-order valence-electron chi connectivity index (χ3n) is 3.57. The zero-order chi connectivity index (χ0) is 14.0. The molecule has 0 saturated carbocycles. The van der Waals surface area contributed by atoms with Gasteiger partial charge in [0.25, 0.3) is 0 Å². The second kappa shape index (κ2) is 5.42. The zero-order valence-corrected chi connectivity index (χ0v) is 11.3. The molecule has 1 fully saturated rings. The zero-order valence-electron chi connectivity index (χ0n) is 11.3. The number of hydrogen-bond donors (Lipinski definition) is 1. The first-order valence-electron chi connectivity index (χ1n) is 6.58. The van der Waals surface area contributed by atoms with E-state index in [4.69, 9.17) is 5.11 Å². The number of aromatic nitrogens is 2. The maximum absolute atomic E-state index is 12.3. The highest BCUT2D eigenvalue weighted by atomic mass is 16.4. The molecule has 2 heterocycles. The van der Waals surface area contributed by atoms with Gasteiger partial charge in [-0.15, -0.1) is 0 Å². The van der Waals surface area contributed by atoms with Crippen molar-refractivity contribution in [2.75, 3.05) is 13.1 Å². The maximum atomic E-state index is 12.3. The van der Waals surface area contributed by atoms with E-state index in [2.05, 4.69) is 5.10 Å². The van der Waals surface area contributed by atoms with E-state index in [0.29, 0.717) is 5.69 Å². The van der Waals surface area contributed by atoms with Gasteiger partial charge in [-0.2, -0.15) is 5.10 Å². The summed E-state index contributed by atoms with van der Waals surface area (Å²) in [4.78, 5) is 25.1. The topological polar surface area (TPSA) is 75.4 Å². The molecule has 1 unspecified atom stereocenters. The smallest absolute Gasteiger partial charge is 0.339 e. The number of carboxylic acids is 1.